The molecule has 3 aromatic carbocycles. The first-order valence-electron chi connectivity index (χ1n) is 29.3. The molecule has 0 radical (unpaired) electrons. The van der Waals surface area contributed by atoms with E-state index in [0.717, 1.165) is 13.8 Å². The molecule has 3 aromatic rings. The van der Waals surface area contributed by atoms with E-state index in [4.69, 9.17) is 52.1 Å². The van der Waals surface area contributed by atoms with Crippen LogP contribution in [0.15, 0.2) is 124 Å². The highest BCUT2D eigenvalue weighted by Gasteiger charge is 2.79. The molecular weight excluding hydrogens is 1280 g/mol. The molecule has 2 saturated carbocycles. The first-order chi connectivity index (χ1) is 45.8. The Hall–Kier alpha value is -10.3. The monoisotopic (exact) mass is 1350 g/mol. The summed E-state index contributed by atoms with van der Waals surface area (Å²) >= 11 is 0. The molecule has 1 heterocycles. The number of hydrogen-bond acceptors (Lipinski definition) is 34. The number of fused-ring (bicyclic) bond motifs is 5. The molecule has 13 atom stereocenters. The minimum Gasteiger partial charge on any atom is -0.460 e. The van der Waals surface area contributed by atoms with Crippen molar-refractivity contribution in [2.75, 3.05) is 59.5 Å². The predicted octanol–water partition coefficient (Wildman–Crippen LogP) is 3.49. The zero-order valence-electron chi connectivity index (χ0n) is 52.3. The standard InChI is InChI=1S/C61H67N5O30/c1-33-41(90-57(76)51(49(36-16-10-7-11-17-36)62-55(74)37-18-12-8-13-19-37)92-47(72)31-83-29-45(70)85-25-40(96-66-81)27-88-64-79)23-61(77)54(93-56(75)38-20-14-9-15-21-38)52-59(6,53(73)50(89-34(2)67)48(33)58(61,4)5)42(22-43-60(52,32-86-43)94-35(3)68)91-46(71)30-82-28-44(69)84-24-39(95-65-80)26-87-63-78/h7-21,39-43,49-52,54,77H,22-32H2,1-6H3,(H,62,74)/t39-,40-,41+,42+,43-,49+,50-,51-,52?,54+,59-,60+,61-/m1/s1. The van der Waals surface area contributed by atoms with Gasteiger partial charge in [0.15, 0.2) is 52.1 Å². The van der Waals surface area contributed by atoms with Gasteiger partial charge in [-0.2, -0.15) is 0 Å². The van der Waals surface area contributed by atoms with Crippen molar-refractivity contribution >= 4 is 59.4 Å². The van der Waals surface area contributed by atoms with E-state index in [1.165, 1.54) is 88.4 Å². The molecule has 1 aliphatic heterocycles. The zero-order valence-corrected chi connectivity index (χ0v) is 52.3. The van der Waals surface area contributed by atoms with E-state index < -0.39 is 215 Å². The summed E-state index contributed by atoms with van der Waals surface area (Å²) in [7, 11) is 0. The predicted molar refractivity (Wildman–Crippen MR) is 314 cm³/mol. The molecule has 96 heavy (non-hydrogen) atoms. The van der Waals surface area contributed by atoms with Crippen LogP contribution in [-0.2, 0) is 110 Å². The fraction of sp³-hybridized carbons (Fsp3) is 0.508. The number of rotatable bonds is 34. The van der Waals surface area contributed by atoms with Gasteiger partial charge in [-0.15, -0.1) is 19.6 Å². The first-order valence-corrected chi connectivity index (χ1v) is 29.3. The SMILES string of the molecule is CC(=O)O[C@H]1C(=O)[C@@]2(C)C([C@H](OC(=O)c3ccccc3)[C@]3(O)C[C@H](OC(=O)[C@H](OC(=O)COCC(=O)OC[C@H](CON=O)ON=O)[C@@H](NC(=O)c4ccccc4)c4ccccc4)C(C)=C1C3(C)C)[C@]1(OC(C)=O)CO[C@@H]1C[C@@H]2OC(=O)COCC(=O)OC[C@H](CON=O)ON=O. The lowest BCUT2D eigenvalue weighted by Gasteiger charge is -2.67. The van der Waals surface area contributed by atoms with Crippen LogP contribution in [0, 0.1) is 36.4 Å². The molecule has 3 aliphatic carbocycles. The molecule has 35 heteroatoms. The maximum absolute atomic E-state index is 16.5. The molecule has 1 amide bonds. The highest BCUT2D eigenvalue weighted by molar-refractivity contribution is 5.97. The van der Waals surface area contributed by atoms with Gasteiger partial charge in [0, 0.05) is 37.7 Å². The molecule has 1 saturated heterocycles. The third kappa shape index (κ3) is 16.8. The Balaban J connectivity index is 1.33. The molecule has 2 N–H and O–H groups in total. The van der Waals surface area contributed by atoms with Gasteiger partial charge < -0.3 is 81.9 Å². The smallest absolute Gasteiger partial charge is 0.350 e. The maximum Gasteiger partial charge on any atom is 0.350 e. The average Bonchev–Trinajstić information content (AvgIpc) is 0.669. The van der Waals surface area contributed by atoms with Crippen LogP contribution in [0.5, 0.6) is 0 Å². The highest BCUT2D eigenvalue weighted by Crippen LogP contribution is 2.65. The van der Waals surface area contributed by atoms with E-state index in [1.54, 1.807) is 30.3 Å². The number of nitrogens with one attached hydrogen (secondary N) is 1. The van der Waals surface area contributed by atoms with E-state index in [0.29, 0.717) is 0 Å². The van der Waals surface area contributed by atoms with Crippen LogP contribution in [0.2, 0.25) is 0 Å². The average molecular weight is 1350 g/mol. The molecule has 3 fully saturated rings. The van der Waals surface area contributed by atoms with Gasteiger partial charge in [0.25, 0.3) is 5.91 Å². The van der Waals surface area contributed by atoms with E-state index >= 15 is 9.59 Å². The van der Waals surface area contributed by atoms with Gasteiger partial charge in [0.2, 0.25) is 18.3 Å². The second-order valence-electron chi connectivity index (χ2n) is 23.0. The Bertz CT molecular complexity index is 3390. The Morgan fingerprint density at radius 2 is 1.18 bits per heavy atom. The van der Waals surface area contributed by atoms with E-state index in [-0.39, 0.29) is 27.8 Å². The maximum atomic E-state index is 16.5. The summed E-state index contributed by atoms with van der Waals surface area (Å²) in [6.07, 6.45) is -15.7. The van der Waals surface area contributed by atoms with Crippen molar-refractivity contribution in [3.8, 4) is 0 Å². The quantitative estimate of drug-likeness (QED) is 0.0284. The highest BCUT2D eigenvalue weighted by atomic mass is 16.8. The summed E-state index contributed by atoms with van der Waals surface area (Å²) in [6.45, 7) is 0.0833. The van der Waals surface area contributed by atoms with Crippen LogP contribution in [-0.4, -0.2) is 184 Å². The second kappa shape index (κ2) is 32.7. The molecule has 0 spiro atoms. The fourth-order valence-corrected chi connectivity index (χ4v) is 12.3. The van der Waals surface area contributed by atoms with Crippen molar-refractivity contribution in [1.82, 2.24) is 5.32 Å². The lowest BCUT2D eigenvalue weighted by Crippen LogP contribution is -2.82. The van der Waals surface area contributed by atoms with Crippen LogP contribution in [0.25, 0.3) is 0 Å². The van der Waals surface area contributed by atoms with Gasteiger partial charge in [-0.1, -0.05) is 80.6 Å². The summed E-state index contributed by atoms with van der Waals surface area (Å²) in [4.78, 5) is 201. The molecule has 4 aliphatic rings. The Kier molecular flexibility index (Phi) is 24.9. The van der Waals surface area contributed by atoms with Crippen LogP contribution in [0.1, 0.15) is 86.7 Å². The Morgan fingerprint density at radius 1 is 0.646 bits per heavy atom. The summed E-state index contributed by atoms with van der Waals surface area (Å²) in [5, 5.41) is 25.8. The number of carbonyl (C=O) groups excluding carboxylic acids is 10. The molecular formula is C61H67N5O30. The molecule has 7 rings (SSSR count). The third-order valence-corrected chi connectivity index (χ3v) is 16.7. The summed E-state index contributed by atoms with van der Waals surface area (Å²) < 4.78 is 63.5. The number of benzene rings is 3. The Labute approximate surface area is 544 Å². The minimum atomic E-state index is -2.75. The minimum absolute atomic E-state index is 0.0675. The Morgan fingerprint density at radius 3 is 1.69 bits per heavy atom. The van der Waals surface area contributed by atoms with Gasteiger partial charge in [0.05, 0.1) is 23.5 Å². The lowest BCUT2D eigenvalue weighted by molar-refractivity contribution is -0.346. The number of hydrogen-bond donors (Lipinski definition) is 2. The lowest BCUT2D eigenvalue weighted by atomic mass is 9.44. The van der Waals surface area contributed by atoms with Gasteiger partial charge in [0.1, 0.15) is 75.7 Å². The number of amides is 1. The van der Waals surface area contributed by atoms with Crippen LogP contribution in [0.3, 0.4) is 0 Å². The van der Waals surface area contributed by atoms with Gasteiger partial charge in [-0.3, -0.25) is 19.2 Å². The van der Waals surface area contributed by atoms with Crippen LogP contribution >= 0.6 is 0 Å². The van der Waals surface area contributed by atoms with Crippen molar-refractivity contribution in [1.29, 1.82) is 0 Å². The summed E-state index contributed by atoms with van der Waals surface area (Å²) in [5.41, 5.74) is -9.55. The topological polar surface area (TPSA) is 459 Å². The fourth-order valence-electron chi connectivity index (χ4n) is 12.3. The van der Waals surface area contributed by atoms with Gasteiger partial charge >= 0.3 is 47.8 Å². The second-order valence-corrected chi connectivity index (χ2v) is 23.0. The van der Waals surface area contributed by atoms with E-state index in [1.807, 2.05) is 0 Å². The normalized spacial score (nSPS) is 24.8. The number of esters is 8. The zero-order chi connectivity index (χ0) is 70.0. The van der Waals surface area contributed by atoms with Crippen molar-refractivity contribution in [3.05, 3.63) is 138 Å². The van der Waals surface area contributed by atoms with E-state index in [2.05, 4.69) is 46.0 Å². The molecule has 2 bridgehead atoms. The van der Waals surface area contributed by atoms with Gasteiger partial charge in [-0.25, -0.2) is 28.8 Å². The van der Waals surface area contributed by atoms with Crippen molar-refractivity contribution in [2.24, 2.45) is 38.1 Å². The first kappa shape index (κ1) is 73.2. The van der Waals surface area contributed by atoms with Crippen LogP contribution < -0.4 is 5.32 Å². The molecule has 35 nitrogen and oxygen atoms in total. The largest absolute Gasteiger partial charge is 0.460 e. The number of ether oxygens (including phenoxy) is 11. The number of aliphatic hydroxyl groups is 1. The molecule has 1 unspecified atom stereocenters. The van der Waals surface area contributed by atoms with Crippen molar-refractivity contribution in [3.63, 3.8) is 0 Å². The number of ketones is 1. The van der Waals surface area contributed by atoms with Crippen molar-refractivity contribution in [2.45, 2.75) is 120 Å². The number of carbonyl (C=O) groups is 10. The van der Waals surface area contributed by atoms with Crippen LogP contribution in [0.4, 0.5) is 0 Å². The molecule has 516 valence electrons. The van der Waals surface area contributed by atoms with E-state index in [9.17, 15) is 63.1 Å². The van der Waals surface area contributed by atoms with Gasteiger partial charge in [-0.05, 0) is 54.8 Å². The molecule has 0 aromatic heterocycles. The number of Topliss-reactive ketones (excluding diaryl/α,β-unsaturated/α-hetero) is 1. The summed E-state index contributed by atoms with van der Waals surface area (Å²) in [5.74, 6) is -13.4. The third-order valence-electron chi connectivity index (χ3n) is 16.7. The number of nitrogens with zero attached hydrogens (tertiary/aromatic N) is 4. The van der Waals surface area contributed by atoms with Crippen molar-refractivity contribution < 1.29 is 125 Å². The summed E-state index contributed by atoms with van der Waals surface area (Å²) in [6, 6.07) is 20.8.